The summed E-state index contributed by atoms with van der Waals surface area (Å²) in [5.41, 5.74) is 2.23. The lowest BCUT2D eigenvalue weighted by atomic mass is 10.1. The molecule has 150 valence electrons. The highest BCUT2D eigenvalue weighted by molar-refractivity contribution is 6.07. The highest BCUT2D eigenvalue weighted by Gasteiger charge is 2.28. The van der Waals surface area contributed by atoms with E-state index in [4.69, 9.17) is 10.00 Å². The first-order valence-corrected chi connectivity index (χ1v) is 9.86. The Bertz CT molecular complexity index is 964. The normalized spacial score (nSPS) is 19.2. The zero-order chi connectivity index (χ0) is 20.2. The van der Waals surface area contributed by atoms with Gasteiger partial charge in [-0.2, -0.15) is 5.26 Å². The van der Waals surface area contributed by atoms with E-state index < -0.39 is 6.04 Å². The molecule has 0 aliphatic carbocycles. The molecule has 8 heteroatoms. The summed E-state index contributed by atoms with van der Waals surface area (Å²) in [6.45, 7) is 3.41. The number of fused-ring (bicyclic) bond motifs is 1. The zero-order valence-corrected chi connectivity index (χ0v) is 16.1. The predicted molar refractivity (Wildman–Crippen MR) is 107 cm³/mol. The van der Waals surface area contributed by atoms with Crippen molar-refractivity contribution >= 4 is 28.4 Å². The second kappa shape index (κ2) is 8.45. The van der Waals surface area contributed by atoms with Gasteiger partial charge in [0.1, 0.15) is 6.04 Å². The van der Waals surface area contributed by atoms with Gasteiger partial charge in [0.05, 0.1) is 36.9 Å². The first-order valence-electron chi connectivity index (χ1n) is 9.86. The third kappa shape index (κ3) is 4.00. The van der Waals surface area contributed by atoms with Crippen molar-refractivity contribution in [2.24, 2.45) is 0 Å². The molecule has 2 aromatic rings. The van der Waals surface area contributed by atoms with Crippen LogP contribution >= 0.6 is 0 Å². The van der Waals surface area contributed by atoms with Crippen molar-refractivity contribution < 1.29 is 14.3 Å². The standard InChI is InChI=1S/C21H23N5O3/c22-13-16-2-1-7-26(16)20(27)14-24-21(28)17-5-6-23-19-4-3-15(12-18(17)19)25-8-10-29-11-9-25/h3-6,12,16H,1-2,7-11,14H2,(H,24,28)/t16-/m0/s1. The van der Waals surface area contributed by atoms with Gasteiger partial charge in [-0.05, 0) is 37.1 Å². The number of nitrogens with zero attached hydrogens (tertiary/aromatic N) is 4. The lowest BCUT2D eigenvalue weighted by Crippen LogP contribution is -2.42. The topological polar surface area (TPSA) is 98.6 Å². The summed E-state index contributed by atoms with van der Waals surface area (Å²) < 4.78 is 5.41. The number of carbonyl (C=O) groups excluding carboxylic acids is 2. The molecular formula is C21H23N5O3. The number of benzene rings is 1. The molecule has 29 heavy (non-hydrogen) atoms. The molecule has 1 aromatic carbocycles. The van der Waals surface area contributed by atoms with Crippen molar-refractivity contribution in [3.05, 3.63) is 36.0 Å². The van der Waals surface area contributed by atoms with E-state index in [1.165, 1.54) is 0 Å². The molecule has 2 saturated heterocycles. The van der Waals surface area contributed by atoms with Crippen molar-refractivity contribution in [3.63, 3.8) is 0 Å². The van der Waals surface area contributed by atoms with Crippen LogP contribution in [0.1, 0.15) is 23.2 Å². The van der Waals surface area contributed by atoms with Gasteiger partial charge in [0, 0.05) is 36.9 Å². The van der Waals surface area contributed by atoms with Gasteiger partial charge >= 0.3 is 0 Å². The Morgan fingerprint density at radius 2 is 2.07 bits per heavy atom. The Kier molecular flexibility index (Phi) is 5.58. The molecule has 8 nitrogen and oxygen atoms in total. The fourth-order valence-electron chi connectivity index (χ4n) is 3.90. The van der Waals surface area contributed by atoms with Gasteiger partial charge < -0.3 is 19.9 Å². The van der Waals surface area contributed by atoms with Gasteiger partial charge in [0.2, 0.25) is 5.91 Å². The SMILES string of the molecule is N#C[C@@H]1CCCN1C(=O)CNC(=O)c1ccnc2ccc(N3CCOCC3)cc12. The van der Waals surface area contributed by atoms with E-state index in [1.807, 2.05) is 18.2 Å². The first-order chi connectivity index (χ1) is 14.2. The molecule has 2 aliphatic rings. The molecule has 0 spiro atoms. The van der Waals surface area contributed by atoms with Crippen LogP contribution in [0.25, 0.3) is 10.9 Å². The third-order valence-corrected chi connectivity index (χ3v) is 5.47. The van der Waals surface area contributed by atoms with Crippen LogP contribution in [0, 0.1) is 11.3 Å². The number of amides is 2. The van der Waals surface area contributed by atoms with Gasteiger partial charge in [-0.1, -0.05) is 0 Å². The van der Waals surface area contributed by atoms with Crippen molar-refractivity contribution in [1.29, 1.82) is 5.26 Å². The van der Waals surface area contributed by atoms with E-state index in [9.17, 15) is 9.59 Å². The maximum Gasteiger partial charge on any atom is 0.252 e. The number of nitriles is 1. The Morgan fingerprint density at radius 1 is 1.24 bits per heavy atom. The van der Waals surface area contributed by atoms with E-state index in [1.54, 1.807) is 17.2 Å². The first kappa shape index (κ1) is 19.2. The molecule has 1 atom stereocenters. The minimum atomic E-state index is -0.391. The van der Waals surface area contributed by atoms with Crippen LogP contribution in [-0.2, 0) is 9.53 Å². The van der Waals surface area contributed by atoms with Crippen LogP contribution < -0.4 is 10.2 Å². The van der Waals surface area contributed by atoms with Gasteiger partial charge in [0.25, 0.3) is 5.91 Å². The Labute approximate surface area is 169 Å². The number of morpholine rings is 1. The molecular weight excluding hydrogens is 370 g/mol. The van der Waals surface area contributed by atoms with E-state index in [2.05, 4.69) is 21.3 Å². The van der Waals surface area contributed by atoms with E-state index in [-0.39, 0.29) is 18.4 Å². The van der Waals surface area contributed by atoms with Crippen LogP contribution in [0.15, 0.2) is 30.5 Å². The average Bonchev–Trinajstić information content (AvgIpc) is 3.26. The van der Waals surface area contributed by atoms with Gasteiger partial charge in [-0.3, -0.25) is 14.6 Å². The van der Waals surface area contributed by atoms with Crippen LogP contribution in [0.5, 0.6) is 0 Å². The summed E-state index contributed by atoms with van der Waals surface area (Å²) in [5.74, 6) is -0.549. The van der Waals surface area contributed by atoms with Crippen LogP contribution in [0.4, 0.5) is 5.69 Å². The molecule has 4 rings (SSSR count). The maximum atomic E-state index is 12.8. The molecule has 0 unspecified atom stereocenters. The quantitative estimate of drug-likeness (QED) is 0.841. The average molecular weight is 393 g/mol. The van der Waals surface area contributed by atoms with E-state index >= 15 is 0 Å². The largest absolute Gasteiger partial charge is 0.378 e. The van der Waals surface area contributed by atoms with Crippen LogP contribution in [-0.4, -0.2) is 67.1 Å². The fraction of sp³-hybridized carbons (Fsp3) is 0.429. The number of pyridine rings is 1. The molecule has 0 radical (unpaired) electrons. The Hall–Kier alpha value is -3.18. The molecule has 1 N–H and O–H groups in total. The molecule has 2 fully saturated rings. The monoisotopic (exact) mass is 393 g/mol. The fourth-order valence-corrected chi connectivity index (χ4v) is 3.90. The number of hydrogen-bond donors (Lipinski definition) is 1. The summed E-state index contributed by atoms with van der Waals surface area (Å²) in [7, 11) is 0. The van der Waals surface area contributed by atoms with Crippen molar-refractivity contribution in [3.8, 4) is 6.07 Å². The molecule has 1 aromatic heterocycles. The number of ether oxygens (including phenoxy) is 1. The number of rotatable bonds is 4. The molecule has 3 heterocycles. The van der Waals surface area contributed by atoms with Crippen molar-refractivity contribution in [2.45, 2.75) is 18.9 Å². The molecule has 2 aliphatic heterocycles. The van der Waals surface area contributed by atoms with E-state index in [0.717, 1.165) is 36.1 Å². The number of carbonyl (C=O) groups is 2. The van der Waals surface area contributed by atoms with Crippen LogP contribution in [0.3, 0.4) is 0 Å². The van der Waals surface area contributed by atoms with Gasteiger partial charge in [-0.15, -0.1) is 0 Å². The van der Waals surface area contributed by atoms with E-state index in [0.29, 0.717) is 31.7 Å². The number of nitrogens with one attached hydrogen (secondary N) is 1. The second-order valence-electron chi connectivity index (χ2n) is 7.22. The number of anilines is 1. The van der Waals surface area contributed by atoms with Crippen molar-refractivity contribution in [2.75, 3.05) is 44.3 Å². The molecule has 0 saturated carbocycles. The lowest BCUT2D eigenvalue weighted by molar-refractivity contribution is -0.130. The smallest absolute Gasteiger partial charge is 0.252 e. The summed E-state index contributed by atoms with van der Waals surface area (Å²) in [6, 6.07) is 9.30. The van der Waals surface area contributed by atoms with Gasteiger partial charge in [-0.25, -0.2) is 0 Å². The number of aromatic nitrogens is 1. The number of hydrogen-bond acceptors (Lipinski definition) is 6. The Morgan fingerprint density at radius 3 is 2.86 bits per heavy atom. The summed E-state index contributed by atoms with van der Waals surface area (Å²) in [4.78, 5) is 33.3. The van der Waals surface area contributed by atoms with Crippen LogP contribution in [0.2, 0.25) is 0 Å². The van der Waals surface area contributed by atoms with Gasteiger partial charge in [0.15, 0.2) is 0 Å². The maximum absolute atomic E-state index is 12.8. The Balaban J connectivity index is 1.51. The third-order valence-electron chi connectivity index (χ3n) is 5.47. The summed E-state index contributed by atoms with van der Waals surface area (Å²) in [5, 5.41) is 12.6. The lowest BCUT2D eigenvalue weighted by Gasteiger charge is -2.29. The molecule has 0 bridgehead atoms. The minimum absolute atomic E-state index is 0.121. The second-order valence-corrected chi connectivity index (χ2v) is 7.22. The molecule has 2 amide bonds. The van der Waals surface area contributed by atoms with Crippen molar-refractivity contribution in [1.82, 2.24) is 15.2 Å². The highest BCUT2D eigenvalue weighted by Crippen LogP contribution is 2.24. The summed E-state index contributed by atoms with van der Waals surface area (Å²) >= 11 is 0. The highest BCUT2D eigenvalue weighted by atomic mass is 16.5. The minimum Gasteiger partial charge on any atom is -0.378 e. The predicted octanol–water partition coefficient (Wildman–Crippen LogP) is 1.32. The number of likely N-dealkylation sites (tertiary alicyclic amines) is 1. The summed E-state index contributed by atoms with van der Waals surface area (Å²) in [6.07, 6.45) is 3.10. The zero-order valence-electron chi connectivity index (χ0n) is 16.1.